The number of aromatic nitrogens is 3. The van der Waals surface area contributed by atoms with Gasteiger partial charge in [0.25, 0.3) is 0 Å². The third-order valence-electron chi connectivity index (χ3n) is 9.53. The van der Waals surface area contributed by atoms with E-state index in [0.29, 0.717) is 0 Å². The van der Waals surface area contributed by atoms with Gasteiger partial charge in [-0.25, -0.2) is 0 Å². The summed E-state index contributed by atoms with van der Waals surface area (Å²) < 4.78 is 0. The predicted molar refractivity (Wildman–Crippen MR) is 192 cm³/mol. The van der Waals surface area contributed by atoms with Gasteiger partial charge in [0.2, 0.25) is 6.71 Å². The molecule has 0 saturated heterocycles. The van der Waals surface area contributed by atoms with E-state index in [4.69, 9.17) is 0 Å². The molecule has 6 rings (SSSR count). The molecule has 3 heterocycles. The Labute approximate surface area is 268 Å². The highest BCUT2D eigenvalue weighted by atomic mass is 14.6. The highest BCUT2D eigenvalue weighted by Gasteiger charge is 2.33. The van der Waals surface area contributed by atoms with Crippen LogP contribution in [-0.4, -0.2) is 21.7 Å². The minimum atomic E-state index is 0.00802. The molecule has 0 unspecified atom stereocenters. The lowest BCUT2D eigenvalue weighted by molar-refractivity contribution is 1.29. The van der Waals surface area contributed by atoms with Crippen LogP contribution < -0.4 is 16.4 Å². The summed E-state index contributed by atoms with van der Waals surface area (Å²) in [4.78, 5) is 13.5. The summed E-state index contributed by atoms with van der Waals surface area (Å²) in [7, 11) is 0. The molecule has 0 fully saturated rings. The second-order valence-corrected chi connectivity index (χ2v) is 12.5. The van der Waals surface area contributed by atoms with E-state index in [-0.39, 0.29) is 6.71 Å². The Hall–Kier alpha value is -4.83. The highest BCUT2D eigenvalue weighted by molar-refractivity contribution is 6.97. The summed E-state index contributed by atoms with van der Waals surface area (Å²) >= 11 is 0. The third-order valence-corrected chi connectivity index (χ3v) is 9.53. The molecule has 0 saturated carbocycles. The molecule has 0 atom stereocenters. The summed E-state index contributed by atoms with van der Waals surface area (Å²) in [5.41, 5.74) is 21.6. The number of hydrogen-bond acceptors (Lipinski definition) is 3. The van der Waals surface area contributed by atoms with Crippen molar-refractivity contribution in [1.82, 2.24) is 15.0 Å². The maximum Gasteiger partial charge on any atom is 0.243 e. The molecule has 222 valence electrons. The monoisotopic (exact) mass is 585 g/mol. The van der Waals surface area contributed by atoms with Crippen LogP contribution >= 0.6 is 0 Å². The molecule has 4 heteroatoms. The number of aryl methyl sites for hydroxylation is 5. The molecule has 45 heavy (non-hydrogen) atoms. The Bertz CT molecular complexity index is 1920. The lowest BCUT2D eigenvalue weighted by Gasteiger charge is -2.30. The van der Waals surface area contributed by atoms with Crippen LogP contribution in [0.3, 0.4) is 0 Å². The van der Waals surface area contributed by atoms with Gasteiger partial charge < -0.3 is 0 Å². The van der Waals surface area contributed by atoms with Crippen molar-refractivity contribution < 1.29 is 0 Å². The van der Waals surface area contributed by atoms with Crippen molar-refractivity contribution in [3.63, 3.8) is 0 Å². The number of hydrogen-bond donors (Lipinski definition) is 0. The Balaban J connectivity index is 1.75. The van der Waals surface area contributed by atoms with E-state index >= 15 is 0 Å². The first-order valence-corrected chi connectivity index (χ1v) is 15.7. The fourth-order valence-corrected chi connectivity index (χ4v) is 7.78. The van der Waals surface area contributed by atoms with Crippen molar-refractivity contribution in [3.8, 4) is 33.4 Å². The second kappa shape index (κ2) is 12.3. The number of rotatable bonds is 6. The van der Waals surface area contributed by atoms with Gasteiger partial charge in [0.15, 0.2) is 0 Å². The zero-order valence-corrected chi connectivity index (χ0v) is 27.7. The standard InChI is InChI=1S/C41H40BN3/c1-25-15-16-36(33-12-9-17-43-22-33)30(6)39(25)42(40-28(4)20-26(2)37(31(40)7)34-13-10-18-44-23-34)41-29(5)21-27(3)38(32(41)8)35-14-11-19-45-24-35/h9-24H,1-8H3. The van der Waals surface area contributed by atoms with Gasteiger partial charge in [0.1, 0.15) is 0 Å². The van der Waals surface area contributed by atoms with Crippen LogP contribution in [0.2, 0.25) is 0 Å². The van der Waals surface area contributed by atoms with Crippen molar-refractivity contribution >= 4 is 23.1 Å². The van der Waals surface area contributed by atoms with Crippen LogP contribution in [0.1, 0.15) is 44.5 Å². The van der Waals surface area contributed by atoms with E-state index in [1.807, 2.05) is 55.4 Å². The zero-order valence-electron chi connectivity index (χ0n) is 27.7. The topological polar surface area (TPSA) is 38.7 Å². The van der Waals surface area contributed by atoms with E-state index < -0.39 is 0 Å². The molecule has 0 aliphatic carbocycles. The van der Waals surface area contributed by atoms with Crippen molar-refractivity contribution in [1.29, 1.82) is 0 Å². The van der Waals surface area contributed by atoms with Crippen LogP contribution in [0.5, 0.6) is 0 Å². The van der Waals surface area contributed by atoms with Crippen LogP contribution in [0, 0.1) is 55.4 Å². The average Bonchev–Trinajstić information content (AvgIpc) is 3.02. The van der Waals surface area contributed by atoms with Gasteiger partial charge in [-0.3, -0.25) is 15.0 Å². The lowest BCUT2D eigenvalue weighted by atomic mass is 9.32. The van der Waals surface area contributed by atoms with E-state index in [2.05, 4.69) is 113 Å². The summed E-state index contributed by atoms with van der Waals surface area (Å²) in [6.07, 6.45) is 11.5. The van der Waals surface area contributed by atoms with Gasteiger partial charge in [0.05, 0.1) is 0 Å². The Morgan fingerprint density at radius 3 is 1.27 bits per heavy atom. The molecule has 0 aliphatic rings. The van der Waals surface area contributed by atoms with Crippen molar-refractivity contribution in [2.75, 3.05) is 0 Å². The first kappa shape index (κ1) is 30.2. The molecule has 6 aromatic rings. The molecule has 0 bridgehead atoms. The number of pyridine rings is 3. The number of benzene rings is 3. The van der Waals surface area contributed by atoms with E-state index in [1.54, 1.807) is 0 Å². The molecule has 0 radical (unpaired) electrons. The molecule has 3 nitrogen and oxygen atoms in total. The van der Waals surface area contributed by atoms with E-state index in [1.165, 1.54) is 77.6 Å². The minimum absolute atomic E-state index is 0.00802. The summed E-state index contributed by atoms with van der Waals surface area (Å²) in [5, 5.41) is 0. The van der Waals surface area contributed by atoms with Gasteiger partial charge in [0, 0.05) is 53.9 Å². The van der Waals surface area contributed by atoms with Gasteiger partial charge in [-0.2, -0.15) is 0 Å². The fraction of sp³-hybridized carbons (Fsp3) is 0.195. The second-order valence-electron chi connectivity index (χ2n) is 12.5. The molecule has 3 aromatic carbocycles. The SMILES string of the molecule is Cc1ccc(-c2cccnc2)c(C)c1B(c1c(C)cc(C)c(-c2cccnc2)c1C)c1c(C)cc(C)c(-c2cccnc2)c1C. The molecular formula is C41H40BN3. The minimum Gasteiger partial charge on any atom is -0.264 e. The lowest BCUT2D eigenvalue weighted by Crippen LogP contribution is -2.57. The Kier molecular flexibility index (Phi) is 8.25. The predicted octanol–water partition coefficient (Wildman–Crippen LogP) is 7.86. The number of nitrogens with zero attached hydrogens (tertiary/aromatic N) is 3. The van der Waals surface area contributed by atoms with Crippen LogP contribution in [0.15, 0.2) is 97.8 Å². The van der Waals surface area contributed by atoms with Gasteiger partial charge in [-0.1, -0.05) is 75.5 Å². The highest BCUT2D eigenvalue weighted by Crippen LogP contribution is 2.31. The Morgan fingerprint density at radius 2 is 0.844 bits per heavy atom. The van der Waals surface area contributed by atoms with E-state index in [9.17, 15) is 0 Å². The van der Waals surface area contributed by atoms with Crippen LogP contribution in [0.25, 0.3) is 33.4 Å². The summed E-state index contributed by atoms with van der Waals surface area (Å²) in [5.74, 6) is 0. The van der Waals surface area contributed by atoms with E-state index in [0.717, 1.165) is 16.7 Å². The summed E-state index contributed by atoms with van der Waals surface area (Å²) in [6.45, 7) is 18.2. The Morgan fingerprint density at radius 1 is 0.422 bits per heavy atom. The van der Waals surface area contributed by atoms with Gasteiger partial charge in [-0.15, -0.1) is 0 Å². The summed E-state index contributed by atoms with van der Waals surface area (Å²) in [6, 6.07) is 21.9. The normalized spacial score (nSPS) is 11.1. The molecular weight excluding hydrogens is 545 g/mol. The quantitative estimate of drug-likeness (QED) is 0.187. The maximum atomic E-state index is 4.50. The van der Waals surface area contributed by atoms with Gasteiger partial charge in [-0.05, 0) is 118 Å². The third kappa shape index (κ3) is 5.39. The molecule has 0 N–H and O–H groups in total. The van der Waals surface area contributed by atoms with Crippen LogP contribution in [-0.2, 0) is 0 Å². The molecule has 0 aliphatic heterocycles. The van der Waals surface area contributed by atoms with Crippen LogP contribution in [0.4, 0.5) is 0 Å². The van der Waals surface area contributed by atoms with Crippen molar-refractivity contribution in [2.45, 2.75) is 55.4 Å². The zero-order chi connectivity index (χ0) is 31.8. The fourth-order valence-electron chi connectivity index (χ4n) is 7.78. The molecule has 0 spiro atoms. The first-order valence-electron chi connectivity index (χ1n) is 15.7. The molecule has 0 amide bonds. The van der Waals surface area contributed by atoms with Crippen molar-refractivity contribution in [3.05, 3.63) is 142 Å². The molecule has 3 aromatic heterocycles. The van der Waals surface area contributed by atoms with Crippen molar-refractivity contribution in [2.24, 2.45) is 0 Å². The smallest absolute Gasteiger partial charge is 0.243 e. The average molecular weight is 586 g/mol. The van der Waals surface area contributed by atoms with Gasteiger partial charge >= 0.3 is 0 Å². The first-order chi connectivity index (χ1) is 21.7. The maximum absolute atomic E-state index is 4.50. The largest absolute Gasteiger partial charge is 0.264 e.